The van der Waals surface area contributed by atoms with E-state index < -0.39 is 0 Å². The van der Waals surface area contributed by atoms with Crippen LogP contribution in [0.25, 0.3) is 0 Å². The number of nitrogens with zero attached hydrogens (tertiary/aromatic N) is 2. The van der Waals surface area contributed by atoms with Gasteiger partial charge >= 0.3 is 0 Å². The Morgan fingerprint density at radius 1 is 1.35 bits per heavy atom. The van der Waals surface area contributed by atoms with E-state index in [2.05, 4.69) is 43.3 Å². The van der Waals surface area contributed by atoms with E-state index in [-0.39, 0.29) is 11.3 Å². The van der Waals surface area contributed by atoms with E-state index in [0.29, 0.717) is 12.2 Å². The topological polar surface area (TPSA) is 58.4 Å². The summed E-state index contributed by atoms with van der Waals surface area (Å²) in [4.78, 5) is 14.3. The van der Waals surface area contributed by atoms with E-state index in [4.69, 9.17) is 4.52 Å². The van der Waals surface area contributed by atoms with Gasteiger partial charge in [0.1, 0.15) is 5.76 Å². The highest BCUT2D eigenvalue weighted by Gasteiger charge is 2.28. The summed E-state index contributed by atoms with van der Waals surface area (Å²) in [5.74, 6) is 0.583. The average Bonchev–Trinajstić information content (AvgIpc) is 2.91. The van der Waals surface area contributed by atoms with Crippen LogP contribution >= 0.6 is 0 Å². The first-order valence-corrected chi connectivity index (χ1v) is 7.35. The van der Waals surface area contributed by atoms with Crippen LogP contribution < -0.4 is 5.32 Å². The van der Waals surface area contributed by atoms with Crippen molar-refractivity contribution in [3.05, 3.63) is 17.5 Å². The van der Waals surface area contributed by atoms with Gasteiger partial charge in [-0.1, -0.05) is 25.9 Å². The van der Waals surface area contributed by atoms with Crippen LogP contribution in [0.5, 0.6) is 0 Å². The summed E-state index contributed by atoms with van der Waals surface area (Å²) < 4.78 is 5.07. The van der Waals surface area contributed by atoms with Crippen molar-refractivity contribution < 1.29 is 9.32 Å². The highest BCUT2D eigenvalue weighted by atomic mass is 16.5. The maximum absolute atomic E-state index is 12.1. The van der Waals surface area contributed by atoms with E-state index in [1.54, 1.807) is 6.07 Å². The molecule has 0 atom stereocenters. The molecule has 0 radical (unpaired) electrons. The van der Waals surface area contributed by atoms with Crippen LogP contribution in [0, 0.1) is 5.41 Å². The minimum atomic E-state index is -0.154. The van der Waals surface area contributed by atoms with Gasteiger partial charge in [0.15, 0.2) is 5.69 Å². The largest absolute Gasteiger partial charge is 0.361 e. The predicted octanol–water partition coefficient (Wildman–Crippen LogP) is 2.33. The van der Waals surface area contributed by atoms with Crippen molar-refractivity contribution in [1.29, 1.82) is 0 Å². The number of aromatic nitrogens is 1. The first-order chi connectivity index (χ1) is 9.46. The monoisotopic (exact) mass is 281 g/mol. The molecular formula is C15H27N3O2. The zero-order valence-corrected chi connectivity index (χ0v) is 13.3. The number of rotatable bonds is 8. The number of carbonyl (C=O) groups is 1. The maximum atomic E-state index is 12.1. The molecule has 0 aliphatic heterocycles. The molecule has 5 nitrogen and oxygen atoms in total. The third-order valence-corrected chi connectivity index (χ3v) is 3.92. The molecule has 1 heterocycles. The Kier molecular flexibility index (Phi) is 6.20. The Morgan fingerprint density at radius 3 is 2.45 bits per heavy atom. The Labute approximate surface area is 121 Å². The Bertz CT molecular complexity index is 423. The van der Waals surface area contributed by atoms with E-state index >= 15 is 0 Å². The van der Waals surface area contributed by atoms with Crippen molar-refractivity contribution in [3.63, 3.8) is 0 Å². The highest BCUT2D eigenvalue weighted by Crippen LogP contribution is 2.26. The maximum Gasteiger partial charge on any atom is 0.273 e. The fraction of sp³-hybridized carbons (Fsp3) is 0.733. The number of nitrogens with one attached hydrogen (secondary N) is 1. The number of hydrogen-bond donors (Lipinski definition) is 1. The second-order valence-electron chi connectivity index (χ2n) is 5.66. The molecular weight excluding hydrogens is 254 g/mol. The molecule has 1 aromatic rings. The number of amides is 1. The Morgan fingerprint density at radius 2 is 2.00 bits per heavy atom. The van der Waals surface area contributed by atoms with Gasteiger partial charge in [0.05, 0.1) is 0 Å². The molecule has 0 aromatic carbocycles. The minimum Gasteiger partial charge on any atom is -0.361 e. The summed E-state index contributed by atoms with van der Waals surface area (Å²) in [7, 11) is 4.13. The van der Waals surface area contributed by atoms with Crippen molar-refractivity contribution in [2.75, 3.05) is 27.2 Å². The molecule has 0 saturated carbocycles. The van der Waals surface area contributed by atoms with Gasteiger partial charge in [-0.15, -0.1) is 0 Å². The van der Waals surface area contributed by atoms with Crippen LogP contribution in [0.3, 0.4) is 0 Å². The molecule has 5 heteroatoms. The molecule has 0 fully saturated rings. The molecule has 1 N–H and O–H groups in total. The quantitative estimate of drug-likeness (QED) is 0.794. The molecule has 1 amide bonds. The van der Waals surface area contributed by atoms with Crippen molar-refractivity contribution in [2.24, 2.45) is 5.41 Å². The van der Waals surface area contributed by atoms with Crippen LogP contribution in [0.1, 0.15) is 49.9 Å². The molecule has 0 saturated heterocycles. The fourth-order valence-corrected chi connectivity index (χ4v) is 2.40. The van der Waals surface area contributed by atoms with Gasteiger partial charge in [-0.3, -0.25) is 4.79 Å². The van der Waals surface area contributed by atoms with Gasteiger partial charge in [-0.2, -0.15) is 0 Å². The van der Waals surface area contributed by atoms with E-state index in [1.165, 1.54) is 0 Å². The number of carbonyl (C=O) groups excluding carboxylic acids is 1. The summed E-state index contributed by atoms with van der Waals surface area (Å²) in [5, 5.41) is 6.80. The molecule has 114 valence electrons. The molecule has 1 aromatic heterocycles. The van der Waals surface area contributed by atoms with Crippen LogP contribution in [0.4, 0.5) is 0 Å². The lowest BCUT2D eigenvalue weighted by Crippen LogP contribution is -2.43. The predicted molar refractivity (Wildman–Crippen MR) is 79.8 cm³/mol. The van der Waals surface area contributed by atoms with Gasteiger partial charge in [-0.25, -0.2) is 0 Å². The van der Waals surface area contributed by atoms with Crippen molar-refractivity contribution in [3.8, 4) is 0 Å². The number of aryl methyl sites for hydroxylation is 1. The zero-order chi connectivity index (χ0) is 15.2. The second-order valence-corrected chi connectivity index (χ2v) is 5.66. The van der Waals surface area contributed by atoms with E-state index in [9.17, 15) is 4.79 Å². The number of hydrogen-bond acceptors (Lipinski definition) is 4. The normalized spacial score (nSPS) is 11.9. The minimum absolute atomic E-state index is 0.108. The third kappa shape index (κ3) is 4.34. The van der Waals surface area contributed by atoms with Crippen molar-refractivity contribution in [1.82, 2.24) is 15.4 Å². The van der Waals surface area contributed by atoms with Crippen LogP contribution in [0.2, 0.25) is 0 Å². The average molecular weight is 281 g/mol. The summed E-state index contributed by atoms with van der Waals surface area (Å²) in [6, 6.07) is 1.71. The highest BCUT2D eigenvalue weighted by molar-refractivity contribution is 5.92. The molecule has 0 spiro atoms. The standard InChI is InChI=1S/C15H27N3O2/c1-6-12-9-13(17-20-12)14(19)16-10-15(7-2,8-3)11-18(4)5/h9H,6-8,10-11H2,1-5H3,(H,16,19). The van der Waals surface area contributed by atoms with Crippen molar-refractivity contribution >= 4 is 5.91 Å². The lowest BCUT2D eigenvalue weighted by atomic mass is 9.81. The summed E-state index contributed by atoms with van der Waals surface area (Å²) in [6.45, 7) is 7.93. The SMILES string of the molecule is CCc1cc(C(=O)NCC(CC)(CC)CN(C)C)no1. The van der Waals surface area contributed by atoms with Gasteiger partial charge in [0, 0.05) is 25.6 Å². The molecule has 20 heavy (non-hydrogen) atoms. The molecule has 0 aliphatic rings. The smallest absolute Gasteiger partial charge is 0.273 e. The first kappa shape index (κ1) is 16.7. The van der Waals surface area contributed by atoms with Crippen molar-refractivity contribution in [2.45, 2.75) is 40.0 Å². The van der Waals surface area contributed by atoms with Gasteiger partial charge in [0.2, 0.25) is 0 Å². The van der Waals surface area contributed by atoms with Crippen LogP contribution in [0.15, 0.2) is 10.6 Å². The third-order valence-electron chi connectivity index (χ3n) is 3.92. The fourth-order valence-electron chi connectivity index (χ4n) is 2.40. The Balaban J connectivity index is 2.64. The lowest BCUT2D eigenvalue weighted by Gasteiger charge is -2.34. The molecule has 0 bridgehead atoms. The van der Waals surface area contributed by atoms with Gasteiger partial charge in [-0.05, 0) is 32.4 Å². The summed E-state index contributed by atoms with van der Waals surface area (Å²) in [6.07, 6.45) is 2.80. The summed E-state index contributed by atoms with van der Waals surface area (Å²) >= 11 is 0. The van der Waals surface area contributed by atoms with Crippen LogP contribution in [-0.2, 0) is 6.42 Å². The van der Waals surface area contributed by atoms with Crippen LogP contribution in [-0.4, -0.2) is 43.1 Å². The second kappa shape index (κ2) is 7.43. The first-order valence-electron chi connectivity index (χ1n) is 7.35. The Hall–Kier alpha value is -1.36. The lowest BCUT2D eigenvalue weighted by molar-refractivity contribution is 0.0900. The molecule has 1 rings (SSSR count). The molecule has 0 aliphatic carbocycles. The zero-order valence-electron chi connectivity index (χ0n) is 13.3. The molecule has 0 unspecified atom stereocenters. The van der Waals surface area contributed by atoms with E-state index in [1.807, 2.05) is 6.92 Å². The summed E-state index contributed by atoms with van der Waals surface area (Å²) in [5.41, 5.74) is 0.476. The van der Waals surface area contributed by atoms with Gasteiger partial charge in [0.25, 0.3) is 5.91 Å². The van der Waals surface area contributed by atoms with E-state index in [0.717, 1.165) is 31.6 Å². The van der Waals surface area contributed by atoms with Gasteiger partial charge < -0.3 is 14.7 Å².